The van der Waals surface area contributed by atoms with Crippen molar-refractivity contribution >= 4 is 17.3 Å². The van der Waals surface area contributed by atoms with Crippen molar-refractivity contribution in [2.75, 3.05) is 33.2 Å². The lowest BCUT2D eigenvalue weighted by molar-refractivity contribution is 0.0707. The number of nitrogens with one attached hydrogen (secondary N) is 1. The van der Waals surface area contributed by atoms with Gasteiger partial charge < -0.3 is 20.4 Å². The van der Waals surface area contributed by atoms with Crippen LogP contribution in [0.3, 0.4) is 0 Å². The number of β-amino-alcohol motifs (C(OH)–C–C–N with tert-alkyl or cyclic N) is 1. The summed E-state index contributed by atoms with van der Waals surface area (Å²) in [6, 6.07) is 0. The van der Waals surface area contributed by atoms with E-state index in [1.165, 1.54) is 0 Å². The molecule has 5 nitrogen and oxygen atoms in total. The van der Waals surface area contributed by atoms with E-state index in [0.29, 0.717) is 25.0 Å². The zero-order valence-electron chi connectivity index (χ0n) is 6.73. The third-order valence-corrected chi connectivity index (χ3v) is 2.10. The molecular weight excluding hydrogens is 178 g/mol. The van der Waals surface area contributed by atoms with E-state index in [-0.39, 0.29) is 13.3 Å². The Hall–Kier alpha value is -0.430. The minimum absolute atomic E-state index is 0.0895. The molecular formula is C6H13N3O2S. The lowest BCUT2D eigenvalue weighted by Crippen LogP contribution is -2.56. The Bertz CT molecular complexity index is 167. The molecule has 0 aliphatic carbocycles. The summed E-state index contributed by atoms with van der Waals surface area (Å²) in [7, 11) is 0. The van der Waals surface area contributed by atoms with Crippen LogP contribution in [-0.2, 0) is 0 Å². The van der Waals surface area contributed by atoms with Gasteiger partial charge in [0.2, 0.25) is 0 Å². The van der Waals surface area contributed by atoms with Gasteiger partial charge in [-0.25, -0.2) is 0 Å². The first-order valence-corrected chi connectivity index (χ1v) is 4.15. The van der Waals surface area contributed by atoms with Crippen LogP contribution in [0.4, 0.5) is 0 Å². The Kier molecular flexibility index (Phi) is 3.67. The van der Waals surface area contributed by atoms with Gasteiger partial charge in [0, 0.05) is 6.54 Å². The van der Waals surface area contributed by atoms with Crippen LogP contribution < -0.4 is 5.32 Å². The van der Waals surface area contributed by atoms with Crippen molar-refractivity contribution in [3.8, 4) is 0 Å². The van der Waals surface area contributed by atoms with Crippen molar-refractivity contribution < 1.29 is 10.2 Å². The molecule has 1 aliphatic heterocycles. The van der Waals surface area contributed by atoms with Crippen LogP contribution in [0.25, 0.3) is 0 Å². The summed E-state index contributed by atoms with van der Waals surface area (Å²) in [4.78, 5) is 3.57. The third-order valence-electron chi connectivity index (χ3n) is 1.70. The molecule has 0 saturated carbocycles. The minimum Gasteiger partial charge on any atom is -0.395 e. The Morgan fingerprint density at radius 2 is 2.25 bits per heavy atom. The number of hydrogen-bond acceptors (Lipinski definition) is 4. The van der Waals surface area contributed by atoms with Gasteiger partial charge >= 0.3 is 0 Å². The molecule has 12 heavy (non-hydrogen) atoms. The molecule has 1 aliphatic rings. The molecule has 0 aromatic carbocycles. The molecule has 1 heterocycles. The topological polar surface area (TPSA) is 59.0 Å². The lowest BCUT2D eigenvalue weighted by atomic mass is 10.5. The van der Waals surface area contributed by atoms with E-state index >= 15 is 0 Å². The second-order valence-electron chi connectivity index (χ2n) is 2.58. The Morgan fingerprint density at radius 3 is 2.83 bits per heavy atom. The molecule has 0 aromatic heterocycles. The van der Waals surface area contributed by atoms with Crippen LogP contribution in [0, 0.1) is 0 Å². The Balaban J connectivity index is 2.38. The van der Waals surface area contributed by atoms with Gasteiger partial charge in [0.25, 0.3) is 0 Å². The fourth-order valence-corrected chi connectivity index (χ4v) is 1.23. The maximum absolute atomic E-state index is 8.86. The Morgan fingerprint density at radius 1 is 1.50 bits per heavy atom. The van der Waals surface area contributed by atoms with Crippen LogP contribution in [0.5, 0.6) is 0 Å². The minimum atomic E-state index is -0.0895. The summed E-state index contributed by atoms with van der Waals surface area (Å²) in [5.41, 5.74) is 0. The molecule has 0 spiro atoms. The first-order chi connectivity index (χ1) is 5.77. The highest BCUT2D eigenvalue weighted by Gasteiger charge is 2.18. The van der Waals surface area contributed by atoms with Gasteiger partial charge in [-0.15, -0.1) is 0 Å². The van der Waals surface area contributed by atoms with Crippen LogP contribution in [0.2, 0.25) is 0 Å². The molecule has 0 radical (unpaired) electrons. The summed E-state index contributed by atoms with van der Waals surface area (Å²) in [5, 5.41) is 21.0. The van der Waals surface area contributed by atoms with Gasteiger partial charge in [0.15, 0.2) is 5.11 Å². The van der Waals surface area contributed by atoms with E-state index in [1.807, 2.05) is 4.90 Å². The highest BCUT2D eigenvalue weighted by Crippen LogP contribution is 1.99. The van der Waals surface area contributed by atoms with E-state index in [1.54, 1.807) is 4.90 Å². The van der Waals surface area contributed by atoms with Crippen molar-refractivity contribution in [3.63, 3.8) is 0 Å². The van der Waals surface area contributed by atoms with E-state index in [4.69, 9.17) is 22.4 Å². The number of nitrogens with zero attached hydrogens (tertiary/aromatic N) is 2. The van der Waals surface area contributed by atoms with E-state index in [2.05, 4.69) is 5.32 Å². The fraction of sp³-hybridized carbons (Fsp3) is 0.833. The summed E-state index contributed by atoms with van der Waals surface area (Å²) in [6.45, 7) is 1.83. The number of thiocarbonyl (C=S) groups is 1. The second-order valence-corrected chi connectivity index (χ2v) is 2.97. The van der Waals surface area contributed by atoms with Gasteiger partial charge in [0.1, 0.15) is 6.73 Å². The monoisotopic (exact) mass is 191 g/mol. The molecule has 0 aromatic rings. The van der Waals surface area contributed by atoms with Crippen LogP contribution in [-0.4, -0.2) is 58.3 Å². The predicted molar refractivity (Wildman–Crippen MR) is 48.2 cm³/mol. The average molecular weight is 191 g/mol. The number of rotatable bonds is 3. The number of hydrogen-bond donors (Lipinski definition) is 3. The smallest absolute Gasteiger partial charge is 0.172 e. The number of aliphatic hydroxyl groups is 2. The Labute approximate surface area is 76.6 Å². The number of aliphatic hydroxyl groups excluding tert-OH is 2. The molecule has 1 saturated heterocycles. The molecule has 0 amide bonds. The lowest BCUT2D eigenvalue weighted by Gasteiger charge is -2.36. The molecule has 0 bridgehead atoms. The molecule has 6 heteroatoms. The maximum atomic E-state index is 8.86. The average Bonchev–Trinajstić information content (AvgIpc) is 2.09. The zero-order valence-corrected chi connectivity index (χ0v) is 7.55. The molecule has 3 N–H and O–H groups in total. The van der Waals surface area contributed by atoms with E-state index < -0.39 is 0 Å². The van der Waals surface area contributed by atoms with Crippen molar-refractivity contribution in [1.82, 2.24) is 15.1 Å². The quantitative estimate of drug-likeness (QED) is 0.464. The molecule has 1 rings (SSSR count). The van der Waals surface area contributed by atoms with Crippen LogP contribution in [0.15, 0.2) is 0 Å². The van der Waals surface area contributed by atoms with Gasteiger partial charge in [-0.2, -0.15) is 0 Å². The van der Waals surface area contributed by atoms with Crippen molar-refractivity contribution in [3.05, 3.63) is 0 Å². The van der Waals surface area contributed by atoms with Gasteiger partial charge in [-0.05, 0) is 12.2 Å². The second kappa shape index (κ2) is 4.56. The van der Waals surface area contributed by atoms with E-state index in [9.17, 15) is 0 Å². The first-order valence-electron chi connectivity index (χ1n) is 3.74. The predicted octanol–water partition coefficient (Wildman–Crippen LogP) is -1.66. The first kappa shape index (κ1) is 9.66. The van der Waals surface area contributed by atoms with Crippen LogP contribution >= 0.6 is 12.2 Å². The summed E-state index contributed by atoms with van der Waals surface area (Å²) in [6.07, 6.45) is 0. The SMILES string of the molecule is OCCN1CNC(=S)N(CO)C1. The summed E-state index contributed by atoms with van der Waals surface area (Å²) >= 11 is 4.93. The highest BCUT2D eigenvalue weighted by atomic mass is 32.1. The van der Waals surface area contributed by atoms with Crippen LogP contribution in [0.1, 0.15) is 0 Å². The summed E-state index contributed by atoms with van der Waals surface area (Å²) < 4.78 is 0. The molecule has 70 valence electrons. The van der Waals surface area contributed by atoms with Gasteiger partial charge in [-0.1, -0.05) is 0 Å². The standard InChI is InChI=1S/C6H13N3O2S/c10-2-1-8-3-7-6(12)9(4-8)5-11/h10-11H,1-5H2,(H,7,12). The van der Waals surface area contributed by atoms with Crippen molar-refractivity contribution in [1.29, 1.82) is 0 Å². The molecule has 0 unspecified atom stereocenters. The zero-order chi connectivity index (χ0) is 8.97. The van der Waals surface area contributed by atoms with Gasteiger partial charge in [0.05, 0.1) is 19.9 Å². The van der Waals surface area contributed by atoms with Crippen molar-refractivity contribution in [2.45, 2.75) is 0 Å². The normalized spacial score (nSPS) is 19.5. The van der Waals surface area contributed by atoms with Gasteiger partial charge in [-0.3, -0.25) is 4.90 Å². The fourth-order valence-electron chi connectivity index (χ4n) is 1.05. The summed E-state index contributed by atoms with van der Waals surface area (Å²) in [5.74, 6) is 0. The maximum Gasteiger partial charge on any atom is 0.172 e. The largest absolute Gasteiger partial charge is 0.395 e. The molecule has 1 fully saturated rings. The van der Waals surface area contributed by atoms with E-state index in [0.717, 1.165) is 0 Å². The van der Waals surface area contributed by atoms with Crippen molar-refractivity contribution in [2.24, 2.45) is 0 Å². The third kappa shape index (κ3) is 2.28. The molecule has 0 atom stereocenters. The highest BCUT2D eigenvalue weighted by molar-refractivity contribution is 7.80.